The van der Waals surface area contributed by atoms with Crippen LogP contribution < -0.4 is 5.32 Å². The number of nitrogens with one attached hydrogen (secondary N) is 1. The Balaban J connectivity index is 1.66. The number of hydrogen-bond acceptors (Lipinski definition) is 3. The lowest BCUT2D eigenvalue weighted by Crippen LogP contribution is -2.61. The van der Waals surface area contributed by atoms with Gasteiger partial charge in [-0.05, 0) is 29.5 Å². The zero-order valence-electron chi connectivity index (χ0n) is 14.4. The number of nitrogens with zero attached hydrogens (tertiary/aromatic N) is 1. The maximum absolute atomic E-state index is 12.8. The Bertz CT molecular complexity index is 793. The molecule has 2 aliphatic heterocycles. The van der Waals surface area contributed by atoms with Gasteiger partial charge in [0.1, 0.15) is 0 Å². The Morgan fingerprint density at radius 3 is 2.20 bits per heavy atom. The first-order valence-electron chi connectivity index (χ1n) is 8.86. The number of amides is 2. The van der Waals surface area contributed by atoms with E-state index < -0.39 is 5.41 Å². The van der Waals surface area contributed by atoms with Crippen molar-refractivity contribution < 1.29 is 9.59 Å². The van der Waals surface area contributed by atoms with Crippen LogP contribution in [0.4, 0.5) is 0 Å². The van der Waals surface area contributed by atoms with Crippen molar-refractivity contribution in [2.24, 2.45) is 0 Å². The number of piperidine rings is 1. The van der Waals surface area contributed by atoms with Crippen LogP contribution in [0, 0.1) is 0 Å². The fourth-order valence-corrected chi connectivity index (χ4v) is 4.22. The van der Waals surface area contributed by atoms with Gasteiger partial charge in [0.25, 0.3) is 0 Å². The number of carbonyl (C=O) groups is 2. The normalized spacial score (nSPS) is 26.4. The van der Waals surface area contributed by atoms with Gasteiger partial charge in [-0.25, -0.2) is 0 Å². The van der Waals surface area contributed by atoms with E-state index in [-0.39, 0.29) is 17.9 Å². The Morgan fingerprint density at radius 1 is 1.00 bits per heavy atom. The number of rotatable bonds is 3. The van der Waals surface area contributed by atoms with Crippen molar-refractivity contribution in [1.82, 2.24) is 10.2 Å². The molecular weight excluding hydrogens is 312 g/mol. The van der Waals surface area contributed by atoms with Crippen LogP contribution in [0.25, 0.3) is 0 Å². The van der Waals surface area contributed by atoms with E-state index in [0.29, 0.717) is 12.8 Å². The molecule has 25 heavy (non-hydrogen) atoms. The van der Waals surface area contributed by atoms with Gasteiger partial charge in [-0.3, -0.25) is 19.8 Å². The zero-order chi connectivity index (χ0) is 17.4. The van der Waals surface area contributed by atoms with Crippen molar-refractivity contribution in [2.45, 2.75) is 44.3 Å². The molecule has 1 saturated heterocycles. The molecule has 1 N–H and O–H groups in total. The maximum Gasteiger partial charge on any atom is 0.243 e. The molecule has 0 saturated carbocycles. The van der Waals surface area contributed by atoms with Gasteiger partial charge in [-0.2, -0.15) is 0 Å². The highest BCUT2D eigenvalue weighted by Crippen LogP contribution is 2.39. The van der Waals surface area contributed by atoms with E-state index in [1.54, 1.807) is 0 Å². The summed E-state index contributed by atoms with van der Waals surface area (Å²) in [5.41, 5.74) is 2.89. The molecule has 0 radical (unpaired) electrons. The van der Waals surface area contributed by atoms with Gasteiger partial charge in [0.05, 0.1) is 11.5 Å². The van der Waals surface area contributed by atoms with Crippen molar-refractivity contribution in [3.63, 3.8) is 0 Å². The van der Waals surface area contributed by atoms with E-state index >= 15 is 0 Å². The molecule has 128 valence electrons. The lowest BCUT2D eigenvalue weighted by molar-refractivity contribution is -0.143. The topological polar surface area (TPSA) is 49.4 Å². The highest BCUT2D eigenvalue weighted by atomic mass is 16.2. The Labute approximate surface area is 147 Å². The second-order valence-electron chi connectivity index (χ2n) is 7.01. The molecular formula is C21H22N2O2. The first-order chi connectivity index (χ1) is 12.1. The predicted molar refractivity (Wildman–Crippen MR) is 95.7 cm³/mol. The van der Waals surface area contributed by atoms with Gasteiger partial charge < -0.3 is 0 Å². The van der Waals surface area contributed by atoms with Crippen molar-refractivity contribution in [2.75, 3.05) is 0 Å². The maximum atomic E-state index is 12.8. The highest BCUT2D eigenvalue weighted by molar-refractivity contribution is 6.05. The van der Waals surface area contributed by atoms with Crippen molar-refractivity contribution in [3.8, 4) is 0 Å². The van der Waals surface area contributed by atoms with Crippen molar-refractivity contribution in [3.05, 3.63) is 71.3 Å². The second kappa shape index (κ2) is 6.12. The number of imide groups is 1. The fourth-order valence-electron chi connectivity index (χ4n) is 4.22. The van der Waals surface area contributed by atoms with Crippen LogP contribution in [-0.2, 0) is 28.1 Å². The Hall–Kier alpha value is -2.46. The SMILES string of the molecule is CCC1(c2ccccc2)CC(N2Cc3ccccc3C2)C(=O)NC1=O. The monoisotopic (exact) mass is 334 g/mol. The van der Waals surface area contributed by atoms with E-state index in [9.17, 15) is 9.59 Å². The summed E-state index contributed by atoms with van der Waals surface area (Å²) in [5, 5.41) is 2.65. The molecule has 2 aromatic rings. The van der Waals surface area contributed by atoms with E-state index in [1.807, 2.05) is 49.4 Å². The van der Waals surface area contributed by atoms with Crippen LogP contribution in [-0.4, -0.2) is 22.8 Å². The van der Waals surface area contributed by atoms with Crippen LogP contribution >= 0.6 is 0 Å². The average Bonchev–Trinajstić information content (AvgIpc) is 3.07. The summed E-state index contributed by atoms with van der Waals surface area (Å²) >= 11 is 0. The summed E-state index contributed by atoms with van der Waals surface area (Å²) in [7, 11) is 0. The molecule has 1 fully saturated rings. The van der Waals surface area contributed by atoms with E-state index in [1.165, 1.54) is 11.1 Å². The molecule has 2 atom stereocenters. The summed E-state index contributed by atoms with van der Waals surface area (Å²) in [6.07, 6.45) is 1.21. The summed E-state index contributed by atoms with van der Waals surface area (Å²) in [5.74, 6) is -0.336. The molecule has 4 nitrogen and oxygen atoms in total. The van der Waals surface area contributed by atoms with Crippen LogP contribution in [0.15, 0.2) is 54.6 Å². The predicted octanol–water partition coefficient (Wildman–Crippen LogP) is 2.77. The third-order valence-electron chi connectivity index (χ3n) is 5.75. The molecule has 2 aliphatic rings. The van der Waals surface area contributed by atoms with Gasteiger partial charge in [0.15, 0.2) is 0 Å². The van der Waals surface area contributed by atoms with Gasteiger partial charge >= 0.3 is 0 Å². The number of hydrogen-bond donors (Lipinski definition) is 1. The fraction of sp³-hybridized carbons (Fsp3) is 0.333. The van der Waals surface area contributed by atoms with Gasteiger partial charge in [0.2, 0.25) is 11.8 Å². The molecule has 0 aromatic heterocycles. The second-order valence-corrected chi connectivity index (χ2v) is 7.01. The molecule has 2 unspecified atom stereocenters. The third-order valence-corrected chi connectivity index (χ3v) is 5.75. The number of benzene rings is 2. The average molecular weight is 334 g/mol. The molecule has 4 rings (SSSR count). The van der Waals surface area contributed by atoms with E-state index in [4.69, 9.17) is 0 Å². The van der Waals surface area contributed by atoms with Crippen LogP contribution in [0.5, 0.6) is 0 Å². The van der Waals surface area contributed by atoms with E-state index in [2.05, 4.69) is 22.3 Å². The lowest BCUT2D eigenvalue weighted by Gasteiger charge is -2.41. The number of fused-ring (bicyclic) bond motifs is 1. The van der Waals surface area contributed by atoms with Crippen molar-refractivity contribution >= 4 is 11.8 Å². The molecule has 0 bridgehead atoms. The van der Waals surface area contributed by atoms with Crippen LogP contribution in [0.2, 0.25) is 0 Å². The minimum absolute atomic E-state index is 0.167. The minimum atomic E-state index is -0.644. The summed E-state index contributed by atoms with van der Waals surface area (Å²) in [6, 6.07) is 17.9. The van der Waals surface area contributed by atoms with Gasteiger partial charge in [0, 0.05) is 13.1 Å². The number of carbonyl (C=O) groups excluding carboxylic acids is 2. The molecule has 2 amide bonds. The smallest absolute Gasteiger partial charge is 0.243 e. The standard InChI is InChI=1S/C21H22N2O2/c1-2-21(17-10-4-3-5-11-17)12-18(19(24)22-20(21)25)23-13-15-8-6-7-9-16(15)14-23/h3-11,18H,2,12-14H2,1H3,(H,22,24,25). The third kappa shape index (κ3) is 2.57. The van der Waals surface area contributed by atoms with Crippen molar-refractivity contribution in [1.29, 1.82) is 0 Å². The Morgan fingerprint density at radius 2 is 1.60 bits per heavy atom. The van der Waals surface area contributed by atoms with E-state index in [0.717, 1.165) is 18.7 Å². The zero-order valence-corrected chi connectivity index (χ0v) is 14.4. The highest BCUT2D eigenvalue weighted by Gasteiger charge is 2.49. The largest absolute Gasteiger partial charge is 0.294 e. The van der Waals surface area contributed by atoms with Gasteiger partial charge in [-0.1, -0.05) is 61.5 Å². The summed E-state index contributed by atoms with van der Waals surface area (Å²) in [6.45, 7) is 3.55. The van der Waals surface area contributed by atoms with Gasteiger partial charge in [-0.15, -0.1) is 0 Å². The first-order valence-corrected chi connectivity index (χ1v) is 8.86. The molecule has 0 aliphatic carbocycles. The minimum Gasteiger partial charge on any atom is -0.294 e. The molecule has 4 heteroatoms. The molecule has 2 aromatic carbocycles. The van der Waals surface area contributed by atoms with Crippen LogP contribution in [0.3, 0.4) is 0 Å². The lowest BCUT2D eigenvalue weighted by atomic mass is 9.70. The molecule has 2 heterocycles. The van der Waals surface area contributed by atoms with Crippen LogP contribution in [0.1, 0.15) is 36.5 Å². The first kappa shape index (κ1) is 16.0. The summed E-state index contributed by atoms with van der Waals surface area (Å²) in [4.78, 5) is 27.6. The quantitative estimate of drug-likeness (QED) is 0.878. The Kier molecular flexibility index (Phi) is 3.92. The summed E-state index contributed by atoms with van der Waals surface area (Å²) < 4.78 is 0. The molecule has 0 spiro atoms.